The van der Waals surface area contributed by atoms with Gasteiger partial charge in [-0.2, -0.15) is 0 Å². The molecule has 0 amide bonds. The number of benzene rings is 1. The zero-order valence-electron chi connectivity index (χ0n) is 6.77. The summed E-state index contributed by atoms with van der Waals surface area (Å²) < 4.78 is 0. The lowest BCUT2D eigenvalue weighted by Crippen LogP contribution is -1.90. The van der Waals surface area contributed by atoms with E-state index in [1.54, 1.807) is 0 Å². The van der Waals surface area contributed by atoms with Crippen LogP contribution >= 0.6 is 0 Å². The largest absolute Gasteiger partial charge is 0.124 e. The van der Waals surface area contributed by atoms with Gasteiger partial charge in [0.15, 0.2) is 0 Å². The van der Waals surface area contributed by atoms with Gasteiger partial charge in [-0.3, -0.25) is 0 Å². The summed E-state index contributed by atoms with van der Waals surface area (Å²) in [6, 6.07) is 10.4. The third kappa shape index (κ3) is 1.39. The summed E-state index contributed by atoms with van der Waals surface area (Å²) in [4.78, 5) is 0. The maximum Gasteiger partial charge on any atom is 0.0277 e. The summed E-state index contributed by atoms with van der Waals surface area (Å²) in [5, 5.41) is 0. The van der Waals surface area contributed by atoms with E-state index in [0.717, 1.165) is 0 Å². The molecule has 1 atom stereocenters. The Bertz CT molecular complexity index is 338. The van der Waals surface area contributed by atoms with Gasteiger partial charge in [0, 0.05) is 5.92 Å². The average Bonchev–Trinajstić information content (AvgIpc) is 2.21. The number of hydrogen-bond acceptors (Lipinski definition) is 0. The smallest absolute Gasteiger partial charge is 0.0277 e. The number of rotatable bonds is 1. The maximum absolute atomic E-state index is 3.10. The van der Waals surface area contributed by atoms with E-state index in [0.29, 0.717) is 5.92 Å². The Kier molecular flexibility index (Phi) is 1.94. The molecule has 0 bridgehead atoms. The van der Waals surface area contributed by atoms with E-state index in [4.69, 9.17) is 0 Å². The van der Waals surface area contributed by atoms with Gasteiger partial charge < -0.3 is 0 Å². The van der Waals surface area contributed by atoms with Crippen LogP contribution in [0.3, 0.4) is 0 Å². The molecule has 0 aromatic heterocycles. The molecule has 2 rings (SSSR count). The van der Waals surface area contributed by atoms with Gasteiger partial charge in [0.2, 0.25) is 0 Å². The van der Waals surface area contributed by atoms with Crippen LogP contribution in [0.5, 0.6) is 0 Å². The molecular weight excluding hydrogens is 144 g/mol. The van der Waals surface area contributed by atoms with Crippen molar-refractivity contribution in [2.24, 2.45) is 0 Å². The van der Waals surface area contributed by atoms with Crippen molar-refractivity contribution in [3.8, 4) is 0 Å². The lowest BCUT2D eigenvalue weighted by molar-refractivity contribution is 1.08. The van der Waals surface area contributed by atoms with Gasteiger partial charge >= 0.3 is 0 Å². The standard InChI is InChI=1S/C12H10/c1-3-7-11(8-4-1)12-9-5-2-6-10-12/h1-5,7-10,12H. The Balaban J connectivity index is 2.33. The molecule has 1 aromatic rings. The lowest BCUT2D eigenvalue weighted by atomic mass is 9.97. The fourth-order valence-corrected chi connectivity index (χ4v) is 1.33. The van der Waals surface area contributed by atoms with Crippen molar-refractivity contribution in [3.05, 3.63) is 65.9 Å². The first-order valence-electron chi connectivity index (χ1n) is 4.11. The monoisotopic (exact) mass is 154 g/mol. The van der Waals surface area contributed by atoms with E-state index >= 15 is 0 Å². The zero-order chi connectivity index (χ0) is 8.23. The highest BCUT2D eigenvalue weighted by atomic mass is 14.1. The van der Waals surface area contributed by atoms with Crippen molar-refractivity contribution < 1.29 is 0 Å². The summed E-state index contributed by atoms with van der Waals surface area (Å²) in [6.45, 7) is 0. The molecule has 0 fully saturated rings. The normalized spacial score (nSPS) is 19.8. The van der Waals surface area contributed by atoms with E-state index in [2.05, 4.69) is 42.1 Å². The molecule has 0 spiro atoms. The van der Waals surface area contributed by atoms with Crippen molar-refractivity contribution in [2.45, 2.75) is 5.92 Å². The lowest BCUT2D eigenvalue weighted by Gasteiger charge is -2.07. The van der Waals surface area contributed by atoms with Crippen LogP contribution in [-0.2, 0) is 0 Å². The number of allylic oxidation sites excluding steroid dienone is 3. The topological polar surface area (TPSA) is 0 Å². The second kappa shape index (κ2) is 3.25. The minimum atomic E-state index is 0.413. The van der Waals surface area contributed by atoms with Crippen LogP contribution in [0.25, 0.3) is 0 Å². The molecular formula is C12H10. The molecule has 1 aliphatic carbocycles. The summed E-state index contributed by atoms with van der Waals surface area (Å²) >= 11 is 0. The van der Waals surface area contributed by atoms with Crippen LogP contribution in [0.1, 0.15) is 11.5 Å². The number of hydrogen-bond donors (Lipinski definition) is 0. The molecule has 0 aliphatic heterocycles. The molecule has 0 saturated heterocycles. The fourth-order valence-electron chi connectivity index (χ4n) is 1.33. The quantitative estimate of drug-likeness (QED) is 0.545. The van der Waals surface area contributed by atoms with Crippen molar-refractivity contribution in [1.82, 2.24) is 0 Å². The third-order valence-corrected chi connectivity index (χ3v) is 1.97. The van der Waals surface area contributed by atoms with Crippen LogP contribution in [0.4, 0.5) is 0 Å². The Labute approximate surface area is 72.5 Å². The van der Waals surface area contributed by atoms with E-state index < -0.39 is 0 Å². The van der Waals surface area contributed by atoms with Crippen LogP contribution in [-0.4, -0.2) is 0 Å². The summed E-state index contributed by atoms with van der Waals surface area (Å²) in [7, 11) is 0. The molecule has 0 saturated carbocycles. The first-order chi connectivity index (χ1) is 5.97. The average molecular weight is 154 g/mol. The Morgan fingerprint density at radius 2 is 1.92 bits per heavy atom. The molecule has 12 heavy (non-hydrogen) atoms. The van der Waals surface area contributed by atoms with Gasteiger partial charge in [0.25, 0.3) is 0 Å². The molecule has 58 valence electrons. The molecule has 0 N–H and O–H groups in total. The summed E-state index contributed by atoms with van der Waals surface area (Å²) in [5.74, 6) is 0.413. The second-order valence-corrected chi connectivity index (χ2v) is 2.82. The fraction of sp³-hybridized carbons (Fsp3) is 0.0833. The SMILES string of the molecule is C1=CC=CC(c2ccccc2)C=1. The van der Waals surface area contributed by atoms with Crippen molar-refractivity contribution >= 4 is 0 Å². The van der Waals surface area contributed by atoms with Crippen molar-refractivity contribution in [3.63, 3.8) is 0 Å². The molecule has 0 nitrogen and oxygen atoms in total. The minimum absolute atomic E-state index is 0.413. The highest BCUT2D eigenvalue weighted by Crippen LogP contribution is 2.19. The van der Waals surface area contributed by atoms with Crippen LogP contribution in [0, 0.1) is 0 Å². The van der Waals surface area contributed by atoms with Gasteiger partial charge in [-0.25, -0.2) is 0 Å². The summed E-state index contributed by atoms with van der Waals surface area (Å²) in [6.07, 6.45) is 8.22. The van der Waals surface area contributed by atoms with E-state index in [1.807, 2.05) is 18.2 Å². The highest BCUT2D eigenvalue weighted by Gasteiger charge is 2.02. The van der Waals surface area contributed by atoms with Crippen LogP contribution in [0.2, 0.25) is 0 Å². The third-order valence-electron chi connectivity index (χ3n) is 1.97. The zero-order valence-corrected chi connectivity index (χ0v) is 6.77. The predicted molar refractivity (Wildman–Crippen MR) is 51.0 cm³/mol. The van der Waals surface area contributed by atoms with Crippen molar-refractivity contribution in [2.75, 3.05) is 0 Å². The molecule has 1 aromatic carbocycles. The van der Waals surface area contributed by atoms with E-state index in [1.165, 1.54) is 5.56 Å². The molecule has 0 radical (unpaired) electrons. The van der Waals surface area contributed by atoms with Gasteiger partial charge in [-0.05, 0) is 17.7 Å². The minimum Gasteiger partial charge on any atom is -0.124 e. The Morgan fingerprint density at radius 3 is 2.58 bits per heavy atom. The van der Waals surface area contributed by atoms with Gasteiger partial charge in [-0.15, -0.1) is 5.73 Å². The van der Waals surface area contributed by atoms with Crippen LogP contribution < -0.4 is 0 Å². The molecule has 1 aliphatic rings. The second-order valence-electron chi connectivity index (χ2n) is 2.82. The van der Waals surface area contributed by atoms with Gasteiger partial charge in [-0.1, -0.05) is 42.5 Å². The first-order valence-corrected chi connectivity index (χ1v) is 4.11. The van der Waals surface area contributed by atoms with Gasteiger partial charge in [0.05, 0.1) is 0 Å². The molecule has 0 heteroatoms. The molecule has 0 heterocycles. The van der Waals surface area contributed by atoms with Crippen molar-refractivity contribution in [1.29, 1.82) is 0 Å². The Hall–Kier alpha value is -1.52. The maximum atomic E-state index is 3.10. The molecule has 1 unspecified atom stereocenters. The first kappa shape index (κ1) is 7.15. The summed E-state index contributed by atoms with van der Waals surface area (Å²) in [5.41, 5.74) is 4.42. The van der Waals surface area contributed by atoms with E-state index in [-0.39, 0.29) is 0 Å². The predicted octanol–water partition coefficient (Wildman–Crippen LogP) is 3.05. The van der Waals surface area contributed by atoms with Crippen LogP contribution in [0.15, 0.2) is 60.4 Å². The van der Waals surface area contributed by atoms with Gasteiger partial charge in [0.1, 0.15) is 0 Å². The highest BCUT2D eigenvalue weighted by molar-refractivity contribution is 5.31. The Morgan fingerprint density at radius 1 is 1.08 bits per heavy atom. The van der Waals surface area contributed by atoms with E-state index in [9.17, 15) is 0 Å².